The number of nitrogens with two attached hydrogens (primary N) is 1. The molecule has 5 rings (SSSR count). The molecule has 1 aliphatic rings. The van der Waals surface area contributed by atoms with Crippen LogP contribution in [0.5, 0.6) is 0 Å². The number of aliphatic hydroxyl groups is 1. The molecule has 4 N–H and O–H groups in total. The van der Waals surface area contributed by atoms with Gasteiger partial charge in [-0.2, -0.15) is 10.1 Å². The van der Waals surface area contributed by atoms with Crippen molar-refractivity contribution in [2.45, 2.75) is 0 Å². The first-order chi connectivity index (χ1) is 18.4. The molecule has 1 aliphatic heterocycles. The molecule has 1 amide bonds. The number of hydrogen-bond acceptors (Lipinski definition) is 8. The van der Waals surface area contributed by atoms with Crippen LogP contribution in [0, 0.1) is 11.6 Å². The van der Waals surface area contributed by atoms with Crippen molar-refractivity contribution in [3.63, 3.8) is 0 Å². The van der Waals surface area contributed by atoms with Crippen LogP contribution in [0.3, 0.4) is 0 Å². The highest BCUT2D eigenvalue weighted by molar-refractivity contribution is 5.90. The van der Waals surface area contributed by atoms with E-state index in [0.717, 1.165) is 11.1 Å². The summed E-state index contributed by atoms with van der Waals surface area (Å²) in [5.41, 5.74) is 7.98. The third-order valence-electron chi connectivity index (χ3n) is 6.35. The van der Waals surface area contributed by atoms with Gasteiger partial charge in [-0.1, -0.05) is 18.2 Å². The van der Waals surface area contributed by atoms with Gasteiger partial charge in [0, 0.05) is 44.4 Å². The number of benzene rings is 2. The fourth-order valence-corrected chi connectivity index (χ4v) is 4.40. The van der Waals surface area contributed by atoms with E-state index >= 15 is 8.78 Å². The standard InChI is InChI=1S/C26H26F2N8O2/c27-23-20(5-6-21(24(23)28)35-10-8-34(9-11-35)12-13-37)32-26-30-16-36-25(33-26)19(15-31-36)18-3-1-2-17(14-18)4-7-22(29)38/h1-7,14-16,37H,8-13H2,(H2,29,38)(H,32,33). The van der Waals surface area contributed by atoms with Crippen molar-refractivity contribution in [3.05, 3.63) is 72.2 Å². The van der Waals surface area contributed by atoms with E-state index in [2.05, 4.69) is 25.3 Å². The van der Waals surface area contributed by atoms with Gasteiger partial charge in [0.05, 0.1) is 24.2 Å². The highest BCUT2D eigenvalue weighted by atomic mass is 19.2. The molecule has 0 atom stereocenters. The van der Waals surface area contributed by atoms with E-state index in [-0.39, 0.29) is 23.9 Å². The predicted molar refractivity (Wildman–Crippen MR) is 140 cm³/mol. The molecule has 0 unspecified atom stereocenters. The average molecular weight is 521 g/mol. The van der Waals surface area contributed by atoms with Gasteiger partial charge in [-0.3, -0.25) is 9.69 Å². The Morgan fingerprint density at radius 1 is 1.13 bits per heavy atom. The van der Waals surface area contributed by atoms with E-state index in [9.17, 15) is 4.79 Å². The van der Waals surface area contributed by atoms with Crippen LogP contribution in [0.25, 0.3) is 22.9 Å². The van der Waals surface area contributed by atoms with E-state index < -0.39 is 17.5 Å². The Morgan fingerprint density at radius 3 is 2.71 bits per heavy atom. The van der Waals surface area contributed by atoms with Crippen LogP contribution in [-0.4, -0.2) is 74.8 Å². The topological polar surface area (TPSA) is 125 Å². The number of aliphatic hydroxyl groups excluding tert-OH is 1. The fraction of sp³-hybridized carbons (Fsp3) is 0.231. The maximum atomic E-state index is 15.1. The van der Waals surface area contributed by atoms with Crippen LogP contribution in [0.2, 0.25) is 0 Å². The molecular formula is C26H26F2N8O2. The summed E-state index contributed by atoms with van der Waals surface area (Å²) in [5, 5.41) is 16.1. The first-order valence-electron chi connectivity index (χ1n) is 12.0. The Kier molecular flexibility index (Phi) is 7.24. The predicted octanol–water partition coefficient (Wildman–Crippen LogP) is 2.43. The Morgan fingerprint density at radius 2 is 1.95 bits per heavy atom. The Labute approximate surface area is 217 Å². The van der Waals surface area contributed by atoms with Gasteiger partial charge in [0.2, 0.25) is 11.9 Å². The van der Waals surface area contributed by atoms with Gasteiger partial charge >= 0.3 is 0 Å². The Balaban J connectivity index is 1.38. The maximum Gasteiger partial charge on any atom is 0.241 e. The Bertz CT molecular complexity index is 1500. The molecule has 38 heavy (non-hydrogen) atoms. The molecule has 0 bridgehead atoms. The number of anilines is 3. The molecule has 12 heteroatoms. The second-order valence-corrected chi connectivity index (χ2v) is 8.81. The summed E-state index contributed by atoms with van der Waals surface area (Å²) in [7, 11) is 0. The average Bonchev–Trinajstić information content (AvgIpc) is 3.35. The number of nitrogens with zero attached hydrogens (tertiary/aromatic N) is 6. The van der Waals surface area contributed by atoms with Crippen LogP contribution in [0.4, 0.5) is 26.1 Å². The minimum atomic E-state index is -1.02. The molecule has 2 aromatic heterocycles. The molecule has 0 radical (unpaired) electrons. The van der Waals surface area contributed by atoms with Crippen molar-refractivity contribution in [2.75, 3.05) is 49.5 Å². The number of carbonyl (C=O) groups is 1. The lowest BCUT2D eigenvalue weighted by Gasteiger charge is -2.36. The first-order valence-corrected chi connectivity index (χ1v) is 12.0. The third-order valence-corrected chi connectivity index (χ3v) is 6.35. The quantitative estimate of drug-likeness (QED) is 0.303. The monoisotopic (exact) mass is 520 g/mol. The molecule has 0 saturated carbocycles. The molecule has 0 spiro atoms. The lowest BCUT2D eigenvalue weighted by molar-refractivity contribution is -0.113. The van der Waals surface area contributed by atoms with Gasteiger partial charge in [-0.05, 0) is 35.4 Å². The number of piperazine rings is 1. The molecule has 2 aromatic carbocycles. The molecule has 1 fully saturated rings. The third kappa shape index (κ3) is 5.31. The van der Waals surface area contributed by atoms with E-state index in [1.54, 1.807) is 17.2 Å². The van der Waals surface area contributed by atoms with Crippen LogP contribution >= 0.6 is 0 Å². The second-order valence-electron chi connectivity index (χ2n) is 8.81. The van der Waals surface area contributed by atoms with Crippen LogP contribution in [0.15, 0.2) is 55.0 Å². The number of primary amides is 1. The van der Waals surface area contributed by atoms with E-state index in [1.807, 2.05) is 24.3 Å². The van der Waals surface area contributed by atoms with Gasteiger partial charge in [-0.15, -0.1) is 0 Å². The van der Waals surface area contributed by atoms with Gasteiger partial charge in [0.25, 0.3) is 0 Å². The number of hydrogen-bond donors (Lipinski definition) is 3. The summed E-state index contributed by atoms with van der Waals surface area (Å²) in [6.07, 6.45) is 5.94. The summed E-state index contributed by atoms with van der Waals surface area (Å²) < 4.78 is 31.6. The summed E-state index contributed by atoms with van der Waals surface area (Å²) >= 11 is 0. The zero-order chi connectivity index (χ0) is 26.6. The lowest BCUT2D eigenvalue weighted by Crippen LogP contribution is -2.47. The highest BCUT2D eigenvalue weighted by Crippen LogP contribution is 2.30. The number of aromatic nitrogens is 4. The molecule has 1 saturated heterocycles. The molecule has 4 aromatic rings. The van der Waals surface area contributed by atoms with Crippen molar-refractivity contribution in [1.29, 1.82) is 0 Å². The number of carbonyl (C=O) groups excluding carboxylic acids is 1. The summed E-state index contributed by atoms with van der Waals surface area (Å²) in [5.74, 6) is -2.44. The zero-order valence-corrected chi connectivity index (χ0v) is 20.4. The van der Waals surface area contributed by atoms with E-state index in [1.165, 1.54) is 29.1 Å². The fourth-order valence-electron chi connectivity index (χ4n) is 4.40. The number of fused-ring (bicyclic) bond motifs is 1. The maximum absolute atomic E-state index is 15.1. The number of halogens is 2. The van der Waals surface area contributed by atoms with Crippen LogP contribution in [-0.2, 0) is 4.79 Å². The largest absolute Gasteiger partial charge is 0.395 e. The summed E-state index contributed by atoms with van der Waals surface area (Å²) in [6.45, 7) is 3.02. The van der Waals surface area contributed by atoms with Crippen LogP contribution < -0.4 is 16.0 Å². The van der Waals surface area contributed by atoms with Gasteiger partial charge in [-0.25, -0.2) is 18.3 Å². The SMILES string of the molecule is NC(=O)C=Cc1cccc(-c2cnn3cnc(Nc4ccc(N5CCN(CCO)CC5)c(F)c4F)nc23)c1. The smallest absolute Gasteiger partial charge is 0.241 e. The normalized spacial score (nSPS) is 14.4. The summed E-state index contributed by atoms with van der Waals surface area (Å²) in [6, 6.07) is 10.4. The van der Waals surface area contributed by atoms with E-state index in [0.29, 0.717) is 43.9 Å². The highest BCUT2D eigenvalue weighted by Gasteiger charge is 2.23. The number of β-amino-alcohol motifs (C(OH)–C–C–N with tert-alkyl or cyclic N) is 1. The van der Waals surface area contributed by atoms with Crippen molar-refractivity contribution >= 4 is 35.0 Å². The minimum Gasteiger partial charge on any atom is -0.395 e. The summed E-state index contributed by atoms with van der Waals surface area (Å²) in [4.78, 5) is 23.6. The van der Waals surface area contributed by atoms with Crippen LogP contribution in [0.1, 0.15) is 5.56 Å². The van der Waals surface area contributed by atoms with Crippen molar-refractivity contribution < 1.29 is 18.7 Å². The minimum absolute atomic E-state index is 0.0681. The Hall–Kier alpha value is -4.42. The van der Waals surface area contributed by atoms with Crippen molar-refractivity contribution in [3.8, 4) is 11.1 Å². The zero-order valence-electron chi connectivity index (χ0n) is 20.4. The van der Waals surface area contributed by atoms with Crippen molar-refractivity contribution in [2.24, 2.45) is 5.73 Å². The molecular weight excluding hydrogens is 494 g/mol. The van der Waals surface area contributed by atoms with Gasteiger partial charge in [0.1, 0.15) is 6.33 Å². The number of nitrogens with one attached hydrogen (secondary N) is 1. The number of amides is 1. The molecule has 3 heterocycles. The molecule has 0 aliphatic carbocycles. The molecule has 10 nitrogen and oxygen atoms in total. The van der Waals surface area contributed by atoms with Gasteiger partial charge < -0.3 is 21.1 Å². The first kappa shape index (κ1) is 25.2. The van der Waals surface area contributed by atoms with E-state index in [4.69, 9.17) is 10.8 Å². The second kappa shape index (κ2) is 10.9. The molecule has 196 valence electrons. The van der Waals surface area contributed by atoms with Gasteiger partial charge in [0.15, 0.2) is 17.3 Å². The lowest BCUT2D eigenvalue weighted by atomic mass is 10.1. The van der Waals surface area contributed by atoms with Crippen molar-refractivity contribution in [1.82, 2.24) is 24.5 Å². The number of rotatable bonds is 8.